The zero-order valence-corrected chi connectivity index (χ0v) is 18.6. The van der Waals surface area contributed by atoms with Crippen molar-refractivity contribution in [3.63, 3.8) is 0 Å². The minimum Gasteiger partial charge on any atom is -0.451 e. The zero-order valence-electron chi connectivity index (χ0n) is 17.8. The van der Waals surface area contributed by atoms with Crippen LogP contribution in [0.2, 0.25) is 0 Å². The summed E-state index contributed by atoms with van der Waals surface area (Å²) in [5.74, 6) is 1.02. The van der Waals surface area contributed by atoms with E-state index in [1.165, 1.54) is 10.7 Å². The maximum atomic E-state index is 13.0. The molecule has 3 unspecified atom stereocenters. The highest BCUT2D eigenvalue weighted by molar-refractivity contribution is 7.89. The molecule has 1 saturated carbocycles. The number of hydrogen-bond acceptors (Lipinski definition) is 5. The Kier molecular flexibility index (Phi) is 5.92. The fourth-order valence-electron chi connectivity index (χ4n) is 4.53. The fraction of sp³-hybridized carbons (Fsp3) is 0.591. The van der Waals surface area contributed by atoms with Crippen molar-refractivity contribution in [3.8, 4) is 0 Å². The standard InChI is InChI=1S/C22H30N2O5S/c1-14-5-4-6-19(15(14)2)23-22(25)21-16(3)18-13-17(7-8-20(18)29-21)30(26,27)24-9-11-28-12-10-24/h7-8,13-15,19H,4-6,9-12H2,1-3H3,(H,23,25). The van der Waals surface area contributed by atoms with E-state index in [9.17, 15) is 13.2 Å². The second kappa shape index (κ2) is 8.32. The number of benzene rings is 1. The van der Waals surface area contributed by atoms with Gasteiger partial charge in [-0.2, -0.15) is 4.31 Å². The van der Waals surface area contributed by atoms with Crippen LogP contribution in [0.4, 0.5) is 0 Å². The van der Waals surface area contributed by atoms with E-state index >= 15 is 0 Å². The molecule has 1 N–H and O–H groups in total. The number of hydrogen-bond donors (Lipinski definition) is 1. The summed E-state index contributed by atoms with van der Waals surface area (Å²) in [5, 5.41) is 3.79. The minimum absolute atomic E-state index is 0.131. The Morgan fingerprint density at radius 3 is 2.63 bits per heavy atom. The van der Waals surface area contributed by atoms with Crippen molar-refractivity contribution in [3.05, 3.63) is 29.5 Å². The highest BCUT2D eigenvalue weighted by atomic mass is 32.2. The normalized spacial score (nSPS) is 26.0. The van der Waals surface area contributed by atoms with Crippen molar-refractivity contribution in [2.75, 3.05) is 26.3 Å². The molecule has 2 heterocycles. The quantitative estimate of drug-likeness (QED) is 0.797. The monoisotopic (exact) mass is 434 g/mol. The number of amides is 1. The lowest BCUT2D eigenvalue weighted by atomic mass is 9.78. The number of nitrogens with one attached hydrogen (secondary N) is 1. The van der Waals surface area contributed by atoms with Gasteiger partial charge in [0, 0.05) is 30.1 Å². The number of carbonyl (C=O) groups excluding carboxylic acids is 1. The smallest absolute Gasteiger partial charge is 0.287 e. The van der Waals surface area contributed by atoms with E-state index in [1.807, 2.05) is 0 Å². The molecule has 2 fully saturated rings. The van der Waals surface area contributed by atoms with E-state index in [0.717, 1.165) is 12.8 Å². The lowest BCUT2D eigenvalue weighted by Gasteiger charge is -2.34. The van der Waals surface area contributed by atoms with E-state index in [1.54, 1.807) is 25.1 Å². The summed E-state index contributed by atoms with van der Waals surface area (Å²) in [6, 6.07) is 4.92. The van der Waals surface area contributed by atoms with Crippen LogP contribution in [0.3, 0.4) is 0 Å². The van der Waals surface area contributed by atoms with Crippen molar-refractivity contribution >= 4 is 26.9 Å². The minimum atomic E-state index is -3.61. The van der Waals surface area contributed by atoms with Gasteiger partial charge in [0.1, 0.15) is 5.58 Å². The number of aryl methyl sites for hydroxylation is 1. The third-order valence-corrected chi connectivity index (χ3v) is 8.64. The summed E-state index contributed by atoms with van der Waals surface area (Å²) in [6.45, 7) is 7.70. The van der Waals surface area contributed by atoms with Gasteiger partial charge in [0.25, 0.3) is 5.91 Å². The molecule has 4 rings (SSSR count). The van der Waals surface area contributed by atoms with Crippen molar-refractivity contribution in [1.82, 2.24) is 9.62 Å². The Morgan fingerprint density at radius 1 is 1.17 bits per heavy atom. The third-order valence-electron chi connectivity index (χ3n) is 6.75. The van der Waals surface area contributed by atoms with E-state index in [-0.39, 0.29) is 22.6 Å². The van der Waals surface area contributed by atoms with Crippen LogP contribution in [0.15, 0.2) is 27.5 Å². The van der Waals surface area contributed by atoms with Crippen molar-refractivity contribution in [2.24, 2.45) is 11.8 Å². The number of nitrogens with zero attached hydrogens (tertiary/aromatic N) is 1. The van der Waals surface area contributed by atoms with Crippen LogP contribution in [0.25, 0.3) is 11.0 Å². The number of fused-ring (bicyclic) bond motifs is 1. The summed E-state index contributed by atoms with van der Waals surface area (Å²) in [6.07, 6.45) is 3.27. The number of carbonyl (C=O) groups is 1. The molecular weight excluding hydrogens is 404 g/mol. The Labute approximate surface area is 177 Å². The molecule has 0 spiro atoms. The SMILES string of the molecule is Cc1c(C(=O)NC2CCCC(C)C2C)oc2ccc(S(=O)(=O)N3CCOCC3)cc12. The molecule has 1 amide bonds. The molecule has 1 saturated heterocycles. The lowest BCUT2D eigenvalue weighted by molar-refractivity contribution is 0.0730. The number of rotatable bonds is 4. The number of ether oxygens (including phenoxy) is 1. The predicted octanol–water partition coefficient (Wildman–Crippen LogP) is 3.32. The number of sulfonamides is 1. The third kappa shape index (κ3) is 3.88. The van der Waals surface area contributed by atoms with Gasteiger partial charge in [-0.3, -0.25) is 4.79 Å². The number of morpholine rings is 1. The first-order chi connectivity index (χ1) is 14.3. The van der Waals surface area contributed by atoms with Crippen LogP contribution in [0.5, 0.6) is 0 Å². The Hall–Kier alpha value is -1.90. The van der Waals surface area contributed by atoms with Gasteiger partial charge in [0.15, 0.2) is 5.76 Å². The molecule has 1 aromatic heterocycles. The summed E-state index contributed by atoms with van der Waals surface area (Å²) in [5.41, 5.74) is 1.18. The Balaban J connectivity index is 1.60. The van der Waals surface area contributed by atoms with Crippen LogP contribution in [-0.2, 0) is 14.8 Å². The topological polar surface area (TPSA) is 88.8 Å². The van der Waals surface area contributed by atoms with Gasteiger partial charge >= 0.3 is 0 Å². The first-order valence-corrected chi connectivity index (χ1v) is 12.1. The van der Waals surface area contributed by atoms with Gasteiger partial charge in [-0.1, -0.05) is 26.7 Å². The maximum absolute atomic E-state index is 13.0. The molecule has 7 nitrogen and oxygen atoms in total. The summed E-state index contributed by atoms with van der Waals surface area (Å²) >= 11 is 0. The first kappa shape index (κ1) is 21.3. The molecule has 0 bridgehead atoms. The van der Waals surface area contributed by atoms with Gasteiger partial charge in [0.05, 0.1) is 18.1 Å². The van der Waals surface area contributed by atoms with Crippen molar-refractivity contribution < 1.29 is 22.4 Å². The molecule has 3 atom stereocenters. The average molecular weight is 435 g/mol. The van der Waals surface area contributed by atoms with Crippen molar-refractivity contribution in [2.45, 2.75) is 51.0 Å². The molecule has 2 aromatic rings. The van der Waals surface area contributed by atoms with Crippen LogP contribution in [0, 0.1) is 18.8 Å². The molecule has 164 valence electrons. The number of furan rings is 1. The highest BCUT2D eigenvalue weighted by Gasteiger charge is 2.31. The van der Waals surface area contributed by atoms with Crippen LogP contribution >= 0.6 is 0 Å². The van der Waals surface area contributed by atoms with E-state index < -0.39 is 10.0 Å². The molecule has 0 radical (unpaired) electrons. The van der Waals surface area contributed by atoms with Crippen LogP contribution < -0.4 is 5.32 Å². The Bertz CT molecular complexity index is 1040. The zero-order chi connectivity index (χ0) is 21.5. The van der Waals surface area contributed by atoms with Gasteiger partial charge in [-0.25, -0.2) is 8.42 Å². The van der Waals surface area contributed by atoms with E-state index in [4.69, 9.17) is 9.15 Å². The van der Waals surface area contributed by atoms with Crippen LogP contribution in [-0.4, -0.2) is 51.0 Å². The maximum Gasteiger partial charge on any atom is 0.287 e. The lowest BCUT2D eigenvalue weighted by Crippen LogP contribution is -2.43. The molecule has 8 heteroatoms. The first-order valence-electron chi connectivity index (χ1n) is 10.7. The largest absolute Gasteiger partial charge is 0.451 e. The summed E-state index contributed by atoms with van der Waals surface area (Å²) in [4.78, 5) is 13.2. The van der Waals surface area contributed by atoms with E-state index in [2.05, 4.69) is 19.2 Å². The fourth-order valence-corrected chi connectivity index (χ4v) is 5.97. The van der Waals surface area contributed by atoms with E-state index in [0.29, 0.717) is 54.7 Å². The Morgan fingerprint density at radius 2 is 1.90 bits per heavy atom. The average Bonchev–Trinajstić information content (AvgIpc) is 3.08. The second-order valence-corrected chi connectivity index (χ2v) is 10.5. The van der Waals surface area contributed by atoms with Gasteiger partial charge in [0.2, 0.25) is 10.0 Å². The molecule has 1 aromatic carbocycles. The summed E-state index contributed by atoms with van der Waals surface area (Å²) in [7, 11) is -3.61. The van der Waals surface area contributed by atoms with Crippen LogP contribution in [0.1, 0.15) is 49.2 Å². The molecular formula is C22H30N2O5S. The molecule has 30 heavy (non-hydrogen) atoms. The predicted molar refractivity (Wildman–Crippen MR) is 114 cm³/mol. The second-order valence-electron chi connectivity index (χ2n) is 8.58. The summed E-state index contributed by atoms with van der Waals surface area (Å²) < 4.78 is 38.5. The van der Waals surface area contributed by atoms with Gasteiger partial charge in [-0.15, -0.1) is 0 Å². The molecule has 2 aliphatic rings. The van der Waals surface area contributed by atoms with Gasteiger partial charge < -0.3 is 14.5 Å². The van der Waals surface area contributed by atoms with Crippen molar-refractivity contribution in [1.29, 1.82) is 0 Å². The molecule has 1 aliphatic carbocycles. The highest BCUT2D eigenvalue weighted by Crippen LogP contribution is 2.32. The molecule has 1 aliphatic heterocycles. The van der Waals surface area contributed by atoms with Gasteiger partial charge in [-0.05, 0) is 43.4 Å².